The number of amides is 1. The van der Waals surface area contributed by atoms with E-state index in [0.717, 1.165) is 5.57 Å². The third-order valence-corrected chi connectivity index (χ3v) is 1.97. The highest BCUT2D eigenvalue weighted by molar-refractivity contribution is 5.92. The average molecular weight is 185 g/mol. The van der Waals surface area contributed by atoms with E-state index in [1.165, 1.54) is 0 Å². The van der Waals surface area contributed by atoms with Gasteiger partial charge in [0.1, 0.15) is 6.73 Å². The first-order valence-electron chi connectivity index (χ1n) is 4.40. The molecule has 1 heterocycles. The van der Waals surface area contributed by atoms with Crippen molar-refractivity contribution in [3.8, 4) is 0 Å². The Labute approximate surface area is 77.8 Å². The van der Waals surface area contributed by atoms with Crippen molar-refractivity contribution in [3.05, 3.63) is 11.6 Å². The topological polar surface area (TPSA) is 49.8 Å². The zero-order valence-corrected chi connectivity index (χ0v) is 7.82. The molecule has 13 heavy (non-hydrogen) atoms. The Morgan fingerprint density at radius 3 is 3.15 bits per heavy atom. The molecular formula is C9H15NO3. The third kappa shape index (κ3) is 2.82. The molecular weight excluding hydrogens is 170 g/mol. The van der Waals surface area contributed by atoms with Crippen LogP contribution in [0.25, 0.3) is 0 Å². The molecule has 0 aromatic heterocycles. The fourth-order valence-electron chi connectivity index (χ4n) is 1.17. The Hall–Kier alpha value is -0.870. The molecule has 1 aliphatic rings. The molecule has 0 aromatic carbocycles. The van der Waals surface area contributed by atoms with Gasteiger partial charge < -0.3 is 14.7 Å². The van der Waals surface area contributed by atoms with E-state index in [4.69, 9.17) is 9.84 Å². The Morgan fingerprint density at radius 1 is 1.69 bits per heavy atom. The zero-order chi connectivity index (χ0) is 9.68. The summed E-state index contributed by atoms with van der Waals surface area (Å²) in [5.74, 6) is 0.00551. The van der Waals surface area contributed by atoms with Gasteiger partial charge in [0.15, 0.2) is 0 Å². The minimum absolute atomic E-state index is 0.00551. The molecule has 0 spiro atoms. The lowest BCUT2D eigenvalue weighted by Gasteiger charge is -2.19. The molecule has 1 N–H and O–H groups in total. The second-order valence-corrected chi connectivity index (χ2v) is 3.03. The summed E-state index contributed by atoms with van der Waals surface area (Å²) in [5.41, 5.74) is 0.718. The smallest absolute Gasteiger partial charge is 0.251 e. The Balaban J connectivity index is 2.52. The van der Waals surface area contributed by atoms with Crippen LogP contribution in [0.1, 0.15) is 13.3 Å². The normalized spacial score (nSPS) is 18.5. The second kappa shape index (κ2) is 4.99. The standard InChI is InChI=1S/C9H15NO3/c1-8-3-6-13-7-10(9(8)12)4-2-5-11/h3,11H,2,4-7H2,1H3. The first-order valence-corrected chi connectivity index (χ1v) is 4.40. The van der Waals surface area contributed by atoms with Crippen LogP contribution in [0.5, 0.6) is 0 Å². The molecule has 0 aromatic rings. The highest BCUT2D eigenvalue weighted by Gasteiger charge is 2.16. The van der Waals surface area contributed by atoms with Crippen molar-refractivity contribution >= 4 is 5.91 Å². The van der Waals surface area contributed by atoms with Crippen LogP contribution in [0.15, 0.2) is 11.6 Å². The minimum atomic E-state index is 0.00551. The molecule has 0 bridgehead atoms. The van der Waals surface area contributed by atoms with Gasteiger partial charge in [-0.2, -0.15) is 0 Å². The summed E-state index contributed by atoms with van der Waals surface area (Å²) in [6.07, 6.45) is 2.38. The minimum Gasteiger partial charge on any atom is -0.396 e. The van der Waals surface area contributed by atoms with Crippen LogP contribution in [0, 0.1) is 0 Å². The average Bonchev–Trinajstić information content (AvgIpc) is 2.28. The number of aliphatic hydroxyl groups excluding tert-OH is 1. The van der Waals surface area contributed by atoms with Gasteiger partial charge in [0.25, 0.3) is 5.91 Å². The number of nitrogens with zero attached hydrogens (tertiary/aromatic N) is 1. The van der Waals surface area contributed by atoms with E-state index in [1.807, 2.05) is 0 Å². The van der Waals surface area contributed by atoms with Crippen LogP contribution in [0.4, 0.5) is 0 Å². The molecule has 0 fully saturated rings. The number of hydrogen-bond acceptors (Lipinski definition) is 3. The third-order valence-electron chi connectivity index (χ3n) is 1.97. The second-order valence-electron chi connectivity index (χ2n) is 3.03. The van der Waals surface area contributed by atoms with E-state index < -0.39 is 0 Å². The Morgan fingerprint density at radius 2 is 2.46 bits per heavy atom. The molecule has 0 saturated heterocycles. The molecule has 1 aliphatic heterocycles. The molecule has 1 amide bonds. The Bertz CT molecular complexity index is 213. The van der Waals surface area contributed by atoms with E-state index in [0.29, 0.717) is 26.3 Å². The molecule has 0 saturated carbocycles. The highest BCUT2D eigenvalue weighted by atomic mass is 16.5. The van der Waals surface area contributed by atoms with Crippen molar-refractivity contribution in [2.45, 2.75) is 13.3 Å². The van der Waals surface area contributed by atoms with E-state index in [1.54, 1.807) is 17.9 Å². The summed E-state index contributed by atoms with van der Waals surface area (Å²) in [5, 5.41) is 8.63. The maximum absolute atomic E-state index is 11.5. The van der Waals surface area contributed by atoms with Gasteiger partial charge in [0.05, 0.1) is 6.61 Å². The summed E-state index contributed by atoms with van der Waals surface area (Å²) in [6.45, 7) is 3.26. The predicted octanol–water partition coefficient (Wildman–Crippen LogP) is 0.131. The Kier molecular flexibility index (Phi) is 3.92. The molecule has 4 heteroatoms. The quantitative estimate of drug-likeness (QED) is 0.680. The van der Waals surface area contributed by atoms with Gasteiger partial charge in [0, 0.05) is 18.7 Å². The summed E-state index contributed by atoms with van der Waals surface area (Å²) in [7, 11) is 0. The summed E-state index contributed by atoms with van der Waals surface area (Å²) in [6, 6.07) is 0. The molecule has 4 nitrogen and oxygen atoms in total. The molecule has 0 atom stereocenters. The van der Waals surface area contributed by atoms with Crippen molar-refractivity contribution in [2.24, 2.45) is 0 Å². The van der Waals surface area contributed by atoms with Crippen molar-refractivity contribution in [1.29, 1.82) is 0 Å². The van der Waals surface area contributed by atoms with Crippen LogP contribution in [-0.2, 0) is 9.53 Å². The lowest BCUT2D eigenvalue weighted by Crippen LogP contribution is -2.33. The first kappa shape index (κ1) is 10.2. The van der Waals surface area contributed by atoms with E-state index >= 15 is 0 Å². The first-order chi connectivity index (χ1) is 6.25. The number of carbonyl (C=O) groups is 1. The van der Waals surface area contributed by atoms with Crippen LogP contribution in [0.3, 0.4) is 0 Å². The SMILES string of the molecule is CC1=CCOCN(CCCO)C1=O. The van der Waals surface area contributed by atoms with Gasteiger partial charge >= 0.3 is 0 Å². The lowest BCUT2D eigenvalue weighted by atomic mass is 10.2. The maximum Gasteiger partial charge on any atom is 0.251 e. The molecule has 1 rings (SSSR count). The summed E-state index contributed by atoms with van der Waals surface area (Å²) >= 11 is 0. The van der Waals surface area contributed by atoms with Crippen molar-refractivity contribution in [1.82, 2.24) is 4.90 Å². The predicted molar refractivity (Wildman–Crippen MR) is 48.0 cm³/mol. The number of rotatable bonds is 3. The van der Waals surface area contributed by atoms with E-state index in [2.05, 4.69) is 0 Å². The van der Waals surface area contributed by atoms with Crippen LogP contribution in [-0.4, -0.2) is 42.4 Å². The van der Waals surface area contributed by atoms with Gasteiger partial charge in [-0.05, 0) is 13.3 Å². The fraction of sp³-hybridized carbons (Fsp3) is 0.667. The summed E-state index contributed by atoms with van der Waals surface area (Å²) in [4.78, 5) is 13.2. The monoisotopic (exact) mass is 185 g/mol. The largest absolute Gasteiger partial charge is 0.396 e. The number of ether oxygens (including phenoxy) is 1. The van der Waals surface area contributed by atoms with Crippen molar-refractivity contribution in [2.75, 3.05) is 26.5 Å². The molecule has 0 aliphatic carbocycles. The molecule has 74 valence electrons. The van der Waals surface area contributed by atoms with Gasteiger partial charge in [0.2, 0.25) is 0 Å². The van der Waals surface area contributed by atoms with Crippen molar-refractivity contribution < 1.29 is 14.6 Å². The van der Waals surface area contributed by atoms with Gasteiger partial charge in [-0.3, -0.25) is 4.79 Å². The van der Waals surface area contributed by atoms with E-state index in [-0.39, 0.29) is 12.5 Å². The maximum atomic E-state index is 11.5. The van der Waals surface area contributed by atoms with Crippen molar-refractivity contribution in [3.63, 3.8) is 0 Å². The zero-order valence-electron chi connectivity index (χ0n) is 7.82. The lowest BCUT2D eigenvalue weighted by molar-refractivity contribution is -0.131. The van der Waals surface area contributed by atoms with Gasteiger partial charge in [-0.1, -0.05) is 6.08 Å². The molecule has 0 radical (unpaired) electrons. The number of carbonyl (C=O) groups excluding carboxylic acids is 1. The van der Waals surface area contributed by atoms with Gasteiger partial charge in [-0.15, -0.1) is 0 Å². The van der Waals surface area contributed by atoms with Crippen LogP contribution >= 0.6 is 0 Å². The highest BCUT2D eigenvalue weighted by Crippen LogP contribution is 2.06. The molecule has 0 unspecified atom stereocenters. The number of hydrogen-bond donors (Lipinski definition) is 1. The summed E-state index contributed by atoms with van der Waals surface area (Å²) < 4.78 is 5.19. The van der Waals surface area contributed by atoms with E-state index in [9.17, 15) is 4.79 Å². The fourth-order valence-corrected chi connectivity index (χ4v) is 1.17. The number of aliphatic hydroxyl groups is 1. The van der Waals surface area contributed by atoms with Crippen LogP contribution < -0.4 is 0 Å². The van der Waals surface area contributed by atoms with Gasteiger partial charge in [-0.25, -0.2) is 0 Å². The van der Waals surface area contributed by atoms with Crippen LogP contribution in [0.2, 0.25) is 0 Å².